The number of benzene rings is 1. The van der Waals surface area contributed by atoms with Gasteiger partial charge in [-0.1, -0.05) is 12.1 Å². The maximum Gasteiger partial charge on any atom is 0.289 e. The molecule has 17 heavy (non-hydrogen) atoms. The molecule has 0 radical (unpaired) electrons. The van der Waals surface area contributed by atoms with Crippen molar-refractivity contribution in [1.82, 2.24) is 4.90 Å². The van der Waals surface area contributed by atoms with Gasteiger partial charge >= 0.3 is 0 Å². The van der Waals surface area contributed by atoms with Crippen molar-refractivity contribution in [3.63, 3.8) is 0 Å². The molecule has 0 fully saturated rings. The topological polar surface area (TPSA) is 46.6 Å². The van der Waals surface area contributed by atoms with Crippen LogP contribution in [0.5, 0.6) is 5.75 Å². The second kappa shape index (κ2) is 6.03. The molecule has 1 aromatic rings. The van der Waals surface area contributed by atoms with Crippen LogP contribution < -0.4 is 4.74 Å². The van der Waals surface area contributed by atoms with Crippen LogP contribution in [0.3, 0.4) is 0 Å². The Morgan fingerprint density at radius 3 is 2.29 bits per heavy atom. The van der Waals surface area contributed by atoms with Gasteiger partial charge in [0.1, 0.15) is 5.75 Å². The fourth-order valence-electron chi connectivity index (χ4n) is 1.46. The van der Waals surface area contributed by atoms with Crippen LogP contribution in [-0.2, 0) is 16.0 Å². The number of nitrogens with zero attached hydrogens (tertiary/aromatic N) is 1. The highest BCUT2D eigenvalue weighted by molar-refractivity contribution is 6.34. The first-order valence-corrected chi connectivity index (χ1v) is 5.43. The van der Waals surface area contributed by atoms with E-state index in [4.69, 9.17) is 4.74 Å². The lowest BCUT2D eigenvalue weighted by Crippen LogP contribution is -2.33. The third-order valence-corrected chi connectivity index (χ3v) is 2.54. The predicted molar refractivity (Wildman–Crippen MR) is 65.0 cm³/mol. The molecule has 0 N–H and O–H groups in total. The summed E-state index contributed by atoms with van der Waals surface area (Å²) in [7, 11) is 3.25. The van der Waals surface area contributed by atoms with E-state index in [0.717, 1.165) is 17.7 Å². The molecule has 0 bridgehead atoms. The molecule has 0 atom stereocenters. The number of hydrogen-bond acceptors (Lipinski definition) is 3. The molecule has 0 unspecified atom stereocenters. The largest absolute Gasteiger partial charge is 0.497 e. The molecule has 4 heteroatoms. The standard InChI is InChI=1S/C13H17NO3/c1-10(15)13(16)14(2)9-8-11-4-6-12(17-3)7-5-11/h4-7H,8-9H2,1-3H3. The van der Waals surface area contributed by atoms with Gasteiger partial charge in [0.25, 0.3) is 5.91 Å². The molecule has 0 aliphatic carbocycles. The van der Waals surface area contributed by atoms with Gasteiger partial charge in [-0.25, -0.2) is 0 Å². The Morgan fingerprint density at radius 2 is 1.82 bits per heavy atom. The number of rotatable bonds is 5. The number of ether oxygens (including phenoxy) is 1. The second-order valence-corrected chi connectivity index (χ2v) is 3.88. The third kappa shape index (κ3) is 3.90. The van der Waals surface area contributed by atoms with E-state index in [1.807, 2.05) is 24.3 Å². The molecule has 0 spiro atoms. The maximum atomic E-state index is 11.3. The first-order valence-electron chi connectivity index (χ1n) is 5.43. The highest BCUT2D eigenvalue weighted by atomic mass is 16.5. The summed E-state index contributed by atoms with van der Waals surface area (Å²) in [4.78, 5) is 23.6. The van der Waals surface area contributed by atoms with Crippen molar-refractivity contribution in [2.45, 2.75) is 13.3 Å². The Bertz CT molecular complexity index is 398. The molecule has 4 nitrogen and oxygen atoms in total. The van der Waals surface area contributed by atoms with Crippen molar-refractivity contribution in [2.75, 3.05) is 20.7 Å². The van der Waals surface area contributed by atoms with Crippen LogP contribution in [0, 0.1) is 0 Å². The van der Waals surface area contributed by atoms with Crippen molar-refractivity contribution in [2.24, 2.45) is 0 Å². The Labute approximate surface area is 101 Å². The molecular weight excluding hydrogens is 218 g/mol. The van der Waals surface area contributed by atoms with Gasteiger partial charge in [-0.05, 0) is 24.1 Å². The zero-order valence-corrected chi connectivity index (χ0v) is 10.4. The normalized spacial score (nSPS) is 9.82. The van der Waals surface area contributed by atoms with Crippen molar-refractivity contribution in [3.8, 4) is 5.75 Å². The average Bonchev–Trinajstić information content (AvgIpc) is 2.35. The molecule has 1 aromatic carbocycles. The summed E-state index contributed by atoms with van der Waals surface area (Å²) in [6.07, 6.45) is 0.722. The average molecular weight is 235 g/mol. The molecule has 92 valence electrons. The summed E-state index contributed by atoms with van der Waals surface area (Å²) >= 11 is 0. The van der Waals surface area contributed by atoms with Gasteiger partial charge in [0, 0.05) is 20.5 Å². The van der Waals surface area contributed by atoms with Crippen LogP contribution in [0.25, 0.3) is 0 Å². The van der Waals surface area contributed by atoms with E-state index < -0.39 is 11.7 Å². The van der Waals surface area contributed by atoms with Gasteiger partial charge in [0.15, 0.2) is 0 Å². The van der Waals surface area contributed by atoms with E-state index in [9.17, 15) is 9.59 Å². The van der Waals surface area contributed by atoms with Gasteiger partial charge in [0.2, 0.25) is 5.78 Å². The third-order valence-electron chi connectivity index (χ3n) is 2.54. The van der Waals surface area contributed by atoms with Crippen LogP contribution >= 0.6 is 0 Å². The van der Waals surface area contributed by atoms with Crippen LogP contribution in [0.2, 0.25) is 0 Å². The lowest BCUT2D eigenvalue weighted by atomic mass is 10.1. The fraction of sp³-hybridized carbons (Fsp3) is 0.385. The minimum Gasteiger partial charge on any atom is -0.497 e. The maximum absolute atomic E-state index is 11.3. The van der Waals surface area contributed by atoms with E-state index in [1.54, 1.807) is 14.2 Å². The van der Waals surface area contributed by atoms with Gasteiger partial charge < -0.3 is 9.64 Å². The molecule has 0 saturated carbocycles. The SMILES string of the molecule is COc1ccc(CCN(C)C(=O)C(C)=O)cc1. The van der Waals surface area contributed by atoms with E-state index in [-0.39, 0.29) is 0 Å². The van der Waals surface area contributed by atoms with Crippen LogP contribution in [0.4, 0.5) is 0 Å². The number of ketones is 1. The number of Topliss-reactive ketones (excluding diaryl/α,β-unsaturated/α-hetero) is 1. The molecular formula is C13H17NO3. The van der Waals surface area contributed by atoms with Gasteiger partial charge in [0.05, 0.1) is 7.11 Å². The highest BCUT2D eigenvalue weighted by Crippen LogP contribution is 2.11. The lowest BCUT2D eigenvalue weighted by Gasteiger charge is -2.15. The van der Waals surface area contributed by atoms with Crippen molar-refractivity contribution in [3.05, 3.63) is 29.8 Å². The first kappa shape index (κ1) is 13.2. The number of likely N-dealkylation sites (N-methyl/N-ethyl adjacent to an activating group) is 1. The molecule has 0 heterocycles. The van der Waals surface area contributed by atoms with E-state index in [0.29, 0.717) is 6.54 Å². The Hall–Kier alpha value is -1.84. The van der Waals surface area contributed by atoms with Crippen molar-refractivity contribution >= 4 is 11.7 Å². The summed E-state index contributed by atoms with van der Waals surface area (Å²) < 4.78 is 5.06. The number of amides is 1. The Balaban J connectivity index is 2.49. The summed E-state index contributed by atoms with van der Waals surface area (Å²) in [5.74, 6) is -0.0670. The minimum absolute atomic E-state index is 0.428. The zero-order chi connectivity index (χ0) is 12.8. The van der Waals surface area contributed by atoms with E-state index >= 15 is 0 Å². The van der Waals surface area contributed by atoms with Crippen LogP contribution in [0.15, 0.2) is 24.3 Å². The molecule has 0 aliphatic heterocycles. The first-order chi connectivity index (χ1) is 8.04. The predicted octanol–water partition coefficient (Wildman–Crippen LogP) is 1.29. The van der Waals surface area contributed by atoms with Crippen LogP contribution in [0.1, 0.15) is 12.5 Å². The summed E-state index contributed by atoms with van der Waals surface area (Å²) in [6, 6.07) is 7.65. The molecule has 0 aliphatic rings. The van der Waals surface area contributed by atoms with E-state index in [2.05, 4.69) is 0 Å². The summed E-state index contributed by atoms with van der Waals surface area (Å²) in [6.45, 7) is 1.82. The highest BCUT2D eigenvalue weighted by Gasteiger charge is 2.12. The number of carbonyl (C=O) groups excluding carboxylic acids is 2. The van der Waals surface area contributed by atoms with Crippen molar-refractivity contribution in [1.29, 1.82) is 0 Å². The monoisotopic (exact) mass is 235 g/mol. The molecule has 0 aromatic heterocycles. The number of methoxy groups -OCH3 is 1. The summed E-state index contributed by atoms with van der Waals surface area (Å²) in [5, 5.41) is 0. The fourth-order valence-corrected chi connectivity index (χ4v) is 1.46. The van der Waals surface area contributed by atoms with Gasteiger partial charge in [-0.3, -0.25) is 9.59 Å². The molecule has 1 rings (SSSR count). The lowest BCUT2D eigenvalue weighted by molar-refractivity contribution is -0.142. The van der Waals surface area contributed by atoms with Gasteiger partial charge in [-0.2, -0.15) is 0 Å². The van der Waals surface area contributed by atoms with Crippen molar-refractivity contribution < 1.29 is 14.3 Å². The van der Waals surface area contributed by atoms with Gasteiger partial charge in [-0.15, -0.1) is 0 Å². The smallest absolute Gasteiger partial charge is 0.289 e. The summed E-state index contributed by atoms with van der Waals surface area (Å²) in [5.41, 5.74) is 1.11. The molecule has 0 saturated heterocycles. The Morgan fingerprint density at radius 1 is 1.24 bits per heavy atom. The Kier molecular flexibility index (Phi) is 4.69. The molecule has 1 amide bonds. The van der Waals surface area contributed by atoms with Crippen LogP contribution in [-0.4, -0.2) is 37.3 Å². The van der Waals surface area contributed by atoms with E-state index in [1.165, 1.54) is 11.8 Å². The number of carbonyl (C=O) groups is 2. The second-order valence-electron chi connectivity index (χ2n) is 3.88. The number of hydrogen-bond donors (Lipinski definition) is 0. The minimum atomic E-state index is -0.446. The quantitative estimate of drug-likeness (QED) is 0.722. The zero-order valence-electron chi connectivity index (χ0n) is 10.4.